The van der Waals surface area contributed by atoms with Crippen molar-refractivity contribution >= 4 is 10.1 Å². The molecule has 0 aromatic rings. The molecule has 4 nitrogen and oxygen atoms in total. The molecule has 1 aliphatic rings. The lowest BCUT2D eigenvalue weighted by Gasteiger charge is -2.40. The molecule has 0 bridgehead atoms. The molecule has 0 unspecified atom stereocenters. The molecule has 0 amide bonds. The van der Waals surface area contributed by atoms with E-state index in [0.29, 0.717) is 6.04 Å². The molecular weight excluding hydrogens is 178 g/mol. The second-order valence-corrected chi connectivity index (χ2v) is 5.07. The molecule has 0 spiro atoms. The Balaban J connectivity index is 2.27. The Kier molecular flexibility index (Phi) is 2.75. The molecule has 1 fully saturated rings. The summed E-state index contributed by atoms with van der Waals surface area (Å²) in [6.07, 6.45) is 0.966. The molecule has 1 heterocycles. The molecule has 1 rings (SSSR count). The highest BCUT2D eigenvalue weighted by atomic mass is 32.2. The minimum atomic E-state index is -3.26. The van der Waals surface area contributed by atoms with Gasteiger partial charge in [-0.05, 0) is 13.8 Å². The molecule has 0 atom stereocenters. The summed E-state index contributed by atoms with van der Waals surface area (Å²) in [7, 11) is -3.26. The Morgan fingerprint density at radius 1 is 1.42 bits per heavy atom. The van der Waals surface area contributed by atoms with Gasteiger partial charge in [-0.1, -0.05) is 0 Å². The summed E-state index contributed by atoms with van der Waals surface area (Å²) >= 11 is 0. The normalized spacial score (nSPS) is 21.3. The van der Waals surface area contributed by atoms with E-state index in [1.54, 1.807) is 0 Å². The number of hydrogen-bond acceptors (Lipinski definition) is 4. The van der Waals surface area contributed by atoms with Gasteiger partial charge in [0.25, 0.3) is 10.1 Å². The van der Waals surface area contributed by atoms with Crippen LogP contribution in [0.3, 0.4) is 0 Å². The Labute approximate surface area is 73.6 Å². The molecule has 0 N–H and O–H groups in total. The van der Waals surface area contributed by atoms with Gasteiger partial charge in [0.05, 0.1) is 6.26 Å². The van der Waals surface area contributed by atoms with E-state index < -0.39 is 10.1 Å². The van der Waals surface area contributed by atoms with E-state index in [9.17, 15) is 8.42 Å². The highest BCUT2D eigenvalue weighted by molar-refractivity contribution is 7.86. The highest BCUT2D eigenvalue weighted by Crippen LogP contribution is 2.16. The number of nitrogens with zero attached hydrogens (tertiary/aromatic N) is 1. The van der Waals surface area contributed by atoms with E-state index >= 15 is 0 Å². The van der Waals surface area contributed by atoms with Crippen molar-refractivity contribution in [3.05, 3.63) is 0 Å². The topological polar surface area (TPSA) is 46.6 Å². The summed E-state index contributed by atoms with van der Waals surface area (Å²) in [4.78, 5) is 2.16. The van der Waals surface area contributed by atoms with Crippen LogP contribution in [-0.4, -0.2) is 44.8 Å². The predicted octanol–water partition coefficient (Wildman–Crippen LogP) is 0.0552. The molecule has 1 saturated heterocycles. The molecule has 12 heavy (non-hydrogen) atoms. The third-order valence-corrected chi connectivity index (χ3v) is 2.54. The minimum Gasteiger partial charge on any atom is -0.296 e. The molecule has 1 aliphatic heterocycles. The highest BCUT2D eigenvalue weighted by Gasteiger charge is 2.31. The van der Waals surface area contributed by atoms with Gasteiger partial charge >= 0.3 is 0 Å². The molecule has 0 saturated carbocycles. The van der Waals surface area contributed by atoms with Gasteiger partial charge in [-0.15, -0.1) is 0 Å². The summed E-state index contributed by atoms with van der Waals surface area (Å²) in [6.45, 7) is 5.61. The van der Waals surface area contributed by atoms with Crippen molar-refractivity contribution in [2.45, 2.75) is 26.0 Å². The van der Waals surface area contributed by atoms with Crippen molar-refractivity contribution in [2.24, 2.45) is 0 Å². The second kappa shape index (κ2) is 3.32. The van der Waals surface area contributed by atoms with E-state index in [-0.39, 0.29) is 6.10 Å². The van der Waals surface area contributed by atoms with Crippen molar-refractivity contribution in [2.75, 3.05) is 19.3 Å². The Bertz CT molecular complexity index is 241. The minimum absolute atomic E-state index is 0.123. The molecule has 72 valence electrons. The quantitative estimate of drug-likeness (QED) is 0.594. The van der Waals surface area contributed by atoms with Crippen LogP contribution in [0.1, 0.15) is 13.8 Å². The number of rotatable bonds is 3. The van der Waals surface area contributed by atoms with Crippen LogP contribution in [0.15, 0.2) is 0 Å². The lowest BCUT2D eigenvalue weighted by atomic mass is 10.1. The monoisotopic (exact) mass is 193 g/mol. The fourth-order valence-electron chi connectivity index (χ4n) is 1.20. The van der Waals surface area contributed by atoms with Crippen LogP contribution in [0, 0.1) is 0 Å². The first-order chi connectivity index (χ1) is 5.38. The van der Waals surface area contributed by atoms with Crippen molar-refractivity contribution in [1.29, 1.82) is 0 Å². The number of likely N-dealkylation sites (tertiary alicyclic amines) is 1. The summed E-state index contributed by atoms with van der Waals surface area (Å²) < 4.78 is 26.1. The lowest BCUT2D eigenvalue weighted by molar-refractivity contribution is 0.00455. The number of hydrogen-bond donors (Lipinski definition) is 0. The van der Waals surface area contributed by atoms with Gasteiger partial charge in [0.15, 0.2) is 0 Å². The van der Waals surface area contributed by atoms with Crippen LogP contribution in [0.5, 0.6) is 0 Å². The zero-order valence-corrected chi connectivity index (χ0v) is 8.47. The average molecular weight is 193 g/mol. The van der Waals surface area contributed by atoms with E-state index in [1.807, 2.05) is 0 Å². The lowest BCUT2D eigenvalue weighted by Crippen LogP contribution is -2.55. The van der Waals surface area contributed by atoms with E-state index in [4.69, 9.17) is 4.18 Å². The van der Waals surface area contributed by atoms with Crippen LogP contribution in [-0.2, 0) is 14.3 Å². The van der Waals surface area contributed by atoms with Gasteiger partial charge in [0, 0.05) is 19.1 Å². The van der Waals surface area contributed by atoms with Crippen LogP contribution >= 0.6 is 0 Å². The average Bonchev–Trinajstić information content (AvgIpc) is 1.74. The van der Waals surface area contributed by atoms with Crippen LogP contribution in [0.4, 0.5) is 0 Å². The van der Waals surface area contributed by atoms with Gasteiger partial charge in [-0.3, -0.25) is 9.08 Å². The summed E-state index contributed by atoms with van der Waals surface area (Å²) in [5.74, 6) is 0. The van der Waals surface area contributed by atoms with Gasteiger partial charge in [-0.2, -0.15) is 8.42 Å². The first kappa shape index (κ1) is 9.95. The molecule has 0 aromatic carbocycles. The van der Waals surface area contributed by atoms with Gasteiger partial charge in [0.1, 0.15) is 6.10 Å². The summed E-state index contributed by atoms with van der Waals surface area (Å²) in [6, 6.07) is 0.476. The van der Waals surface area contributed by atoms with Crippen LogP contribution < -0.4 is 0 Å². The van der Waals surface area contributed by atoms with E-state index in [0.717, 1.165) is 19.3 Å². The van der Waals surface area contributed by atoms with E-state index in [2.05, 4.69) is 18.7 Å². The maximum absolute atomic E-state index is 10.7. The standard InChI is InChI=1S/C7H15NO3S/c1-6(2)8-4-7(5-8)11-12(3,9)10/h6-7H,4-5H2,1-3H3. The third-order valence-electron chi connectivity index (χ3n) is 1.92. The molecule has 0 aliphatic carbocycles. The van der Waals surface area contributed by atoms with Gasteiger partial charge < -0.3 is 0 Å². The van der Waals surface area contributed by atoms with Crippen LogP contribution in [0.25, 0.3) is 0 Å². The first-order valence-electron chi connectivity index (χ1n) is 4.01. The molecule has 0 radical (unpaired) electrons. The van der Waals surface area contributed by atoms with E-state index in [1.165, 1.54) is 0 Å². The fraction of sp³-hybridized carbons (Fsp3) is 1.00. The zero-order valence-electron chi connectivity index (χ0n) is 7.65. The van der Waals surface area contributed by atoms with Crippen molar-refractivity contribution < 1.29 is 12.6 Å². The summed E-state index contributed by atoms with van der Waals surface area (Å²) in [5, 5.41) is 0. The molecular formula is C7H15NO3S. The molecule has 5 heteroatoms. The fourth-order valence-corrected chi connectivity index (χ4v) is 1.82. The SMILES string of the molecule is CC(C)N1CC(OS(C)(=O)=O)C1. The second-order valence-electron chi connectivity index (χ2n) is 3.47. The Morgan fingerprint density at radius 2 is 1.92 bits per heavy atom. The molecule has 0 aromatic heterocycles. The summed E-state index contributed by atoms with van der Waals surface area (Å²) in [5.41, 5.74) is 0. The Morgan fingerprint density at radius 3 is 2.25 bits per heavy atom. The van der Waals surface area contributed by atoms with Crippen molar-refractivity contribution in [3.8, 4) is 0 Å². The smallest absolute Gasteiger partial charge is 0.264 e. The van der Waals surface area contributed by atoms with Crippen LogP contribution in [0.2, 0.25) is 0 Å². The third kappa shape index (κ3) is 2.73. The van der Waals surface area contributed by atoms with Crippen molar-refractivity contribution in [3.63, 3.8) is 0 Å². The van der Waals surface area contributed by atoms with Gasteiger partial charge in [-0.25, -0.2) is 0 Å². The maximum atomic E-state index is 10.7. The van der Waals surface area contributed by atoms with Gasteiger partial charge in [0.2, 0.25) is 0 Å². The predicted molar refractivity (Wildman–Crippen MR) is 46.4 cm³/mol. The van der Waals surface area contributed by atoms with Crippen molar-refractivity contribution in [1.82, 2.24) is 4.90 Å². The first-order valence-corrected chi connectivity index (χ1v) is 5.82. The largest absolute Gasteiger partial charge is 0.296 e. The maximum Gasteiger partial charge on any atom is 0.264 e. The Hall–Kier alpha value is -0.130. The zero-order chi connectivity index (χ0) is 9.35.